The largest absolute Gasteiger partial charge is 0.508 e. The van der Waals surface area contributed by atoms with Crippen LogP contribution in [0.15, 0.2) is 24.3 Å². The molecule has 2 amide bonds. The Labute approximate surface area is 124 Å². The van der Waals surface area contributed by atoms with Gasteiger partial charge in [0.25, 0.3) is 0 Å². The summed E-state index contributed by atoms with van der Waals surface area (Å²) in [7, 11) is 0. The lowest BCUT2D eigenvalue weighted by Crippen LogP contribution is -2.47. The lowest BCUT2D eigenvalue weighted by atomic mass is 10.1. The molecule has 0 aliphatic heterocycles. The van der Waals surface area contributed by atoms with Crippen molar-refractivity contribution in [1.82, 2.24) is 10.6 Å². The van der Waals surface area contributed by atoms with Gasteiger partial charge in [-0.15, -0.1) is 0 Å². The van der Waals surface area contributed by atoms with Gasteiger partial charge in [-0.3, -0.25) is 9.59 Å². The van der Waals surface area contributed by atoms with Gasteiger partial charge in [-0.1, -0.05) is 26.0 Å². The maximum atomic E-state index is 11.6. The Morgan fingerprint density at radius 2 is 1.81 bits per heavy atom. The van der Waals surface area contributed by atoms with Gasteiger partial charge >= 0.3 is 0 Å². The Morgan fingerprint density at radius 3 is 2.38 bits per heavy atom. The van der Waals surface area contributed by atoms with Crippen LogP contribution in [-0.2, 0) is 16.0 Å². The number of benzene rings is 1. The minimum Gasteiger partial charge on any atom is -0.508 e. The quantitative estimate of drug-likeness (QED) is 0.574. The standard InChI is InChI=1S/C15H23N3O3/c1-10(2)14(16)15(21)18-9-13(20)17-8-7-11-3-5-12(19)6-4-11/h3-6,10,14,19H,7-9,16H2,1-2H3,(H,17,20)(H,18,21)/t14-/m0/s1. The molecular weight excluding hydrogens is 270 g/mol. The summed E-state index contributed by atoms with van der Waals surface area (Å²) in [6.45, 7) is 4.09. The zero-order valence-corrected chi connectivity index (χ0v) is 12.4. The third kappa shape index (κ3) is 6.27. The molecule has 0 radical (unpaired) electrons. The van der Waals surface area contributed by atoms with E-state index in [1.165, 1.54) is 0 Å². The number of rotatable bonds is 7. The molecule has 1 aromatic carbocycles. The number of phenols is 1. The van der Waals surface area contributed by atoms with Gasteiger partial charge in [0, 0.05) is 6.54 Å². The van der Waals surface area contributed by atoms with Gasteiger partial charge in [0.2, 0.25) is 11.8 Å². The van der Waals surface area contributed by atoms with E-state index in [0.29, 0.717) is 13.0 Å². The molecule has 0 fully saturated rings. The van der Waals surface area contributed by atoms with Gasteiger partial charge in [0.15, 0.2) is 0 Å². The Hall–Kier alpha value is -2.08. The van der Waals surface area contributed by atoms with Crippen LogP contribution in [0.5, 0.6) is 5.75 Å². The third-order valence-corrected chi connectivity index (χ3v) is 3.12. The Kier molecular flexibility index (Phi) is 6.68. The van der Waals surface area contributed by atoms with Crippen LogP contribution in [0.25, 0.3) is 0 Å². The van der Waals surface area contributed by atoms with Crippen LogP contribution < -0.4 is 16.4 Å². The zero-order chi connectivity index (χ0) is 15.8. The molecule has 6 nitrogen and oxygen atoms in total. The first kappa shape index (κ1) is 17.0. The van der Waals surface area contributed by atoms with E-state index in [4.69, 9.17) is 10.8 Å². The maximum absolute atomic E-state index is 11.6. The van der Waals surface area contributed by atoms with Crippen LogP contribution in [-0.4, -0.2) is 36.1 Å². The molecule has 1 aromatic rings. The van der Waals surface area contributed by atoms with Crippen molar-refractivity contribution in [2.24, 2.45) is 11.7 Å². The van der Waals surface area contributed by atoms with Gasteiger partial charge < -0.3 is 21.5 Å². The second-order valence-corrected chi connectivity index (χ2v) is 5.25. The SMILES string of the molecule is CC(C)[C@H](N)C(=O)NCC(=O)NCCc1ccc(O)cc1. The summed E-state index contributed by atoms with van der Waals surface area (Å²) < 4.78 is 0. The molecule has 1 rings (SSSR count). The molecule has 0 spiro atoms. The highest BCUT2D eigenvalue weighted by atomic mass is 16.3. The molecule has 0 unspecified atom stereocenters. The normalized spacial score (nSPS) is 12.0. The van der Waals surface area contributed by atoms with Crippen LogP contribution in [0.2, 0.25) is 0 Å². The van der Waals surface area contributed by atoms with Crippen LogP contribution in [0.3, 0.4) is 0 Å². The zero-order valence-electron chi connectivity index (χ0n) is 12.4. The summed E-state index contributed by atoms with van der Waals surface area (Å²) in [5.41, 5.74) is 6.68. The highest BCUT2D eigenvalue weighted by Crippen LogP contribution is 2.09. The molecule has 0 aromatic heterocycles. The number of aromatic hydroxyl groups is 1. The van der Waals surface area contributed by atoms with E-state index in [1.807, 2.05) is 13.8 Å². The Bertz CT molecular complexity index is 472. The first-order valence-corrected chi connectivity index (χ1v) is 6.98. The van der Waals surface area contributed by atoms with Crippen molar-refractivity contribution in [2.45, 2.75) is 26.3 Å². The molecule has 1 atom stereocenters. The topological polar surface area (TPSA) is 104 Å². The lowest BCUT2D eigenvalue weighted by molar-refractivity contribution is -0.127. The van der Waals surface area contributed by atoms with E-state index < -0.39 is 6.04 Å². The van der Waals surface area contributed by atoms with Crippen molar-refractivity contribution >= 4 is 11.8 Å². The number of amides is 2. The van der Waals surface area contributed by atoms with Crippen molar-refractivity contribution in [1.29, 1.82) is 0 Å². The number of nitrogens with one attached hydrogen (secondary N) is 2. The number of carbonyl (C=O) groups is 2. The molecule has 0 aliphatic carbocycles. The Morgan fingerprint density at radius 1 is 1.19 bits per heavy atom. The van der Waals surface area contributed by atoms with Crippen LogP contribution >= 0.6 is 0 Å². The summed E-state index contributed by atoms with van der Waals surface area (Å²) >= 11 is 0. The van der Waals surface area contributed by atoms with Crippen molar-refractivity contribution in [3.05, 3.63) is 29.8 Å². The fourth-order valence-electron chi connectivity index (χ4n) is 1.66. The van der Waals surface area contributed by atoms with Gasteiger partial charge in [-0.05, 0) is 30.0 Å². The third-order valence-electron chi connectivity index (χ3n) is 3.12. The van der Waals surface area contributed by atoms with Gasteiger partial charge in [-0.2, -0.15) is 0 Å². The minimum atomic E-state index is -0.602. The van der Waals surface area contributed by atoms with Crippen molar-refractivity contribution in [3.63, 3.8) is 0 Å². The predicted octanol–water partition coefficient (Wildman–Crippen LogP) is 0.150. The molecule has 5 N–H and O–H groups in total. The van der Waals surface area contributed by atoms with Crippen molar-refractivity contribution in [2.75, 3.05) is 13.1 Å². The average molecular weight is 293 g/mol. The summed E-state index contributed by atoms with van der Waals surface area (Å²) in [5, 5.41) is 14.4. The maximum Gasteiger partial charge on any atom is 0.239 e. The van der Waals surface area contributed by atoms with Gasteiger partial charge in [-0.25, -0.2) is 0 Å². The molecule has 0 saturated heterocycles. The number of phenolic OH excluding ortho intramolecular Hbond substituents is 1. The van der Waals surface area contributed by atoms with Crippen LogP contribution in [0, 0.1) is 5.92 Å². The molecule has 6 heteroatoms. The lowest BCUT2D eigenvalue weighted by Gasteiger charge is -2.15. The molecule has 0 bridgehead atoms. The van der Waals surface area contributed by atoms with Crippen LogP contribution in [0.1, 0.15) is 19.4 Å². The van der Waals surface area contributed by atoms with E-state index in [-0.39, 0.29) is 30.0 Å². The fraction of sp³-hybridized carbons (Fsp3) is 0.467. The predicted molar refractivity (Wildman–Crippen MR) is 80.6 cm³/mol. The molecule has 0 heterocycles. The van der Waals surface area contributed by atoms with Crippen molar-refractivity contribution < 1.29 is 14.7 Å². The van der Waals surface area contributed by atoms with E-state index in [0.717, 1.165) is 5.56 Å². The van der Waals surface area contributed by atoms with Crippen LogP contribution in [0.4, 0.5) is 0 Å². The number of hydrogen-bond acceptors (Lipinski definition) is 4. The highest BCUT2D eigenvalue weighted by molar-refractivity contribution is 5.87. The van der Waals surface area contributed by atoms with E-state index in [2.05, 4.69) is 10.6 Å². The van der Waals surface area contributed by atoms with Gasteiger partial charge in [0.05, 0.1) is 12.6 Å². The Balaban J connectivity index is 2.22. The van der Waals surface area contributed by atoms with E-state index in [9.17, 15) is 9.59 Å². The molecule has 116 valence electrons. The molecular formula is C15H23N3O3. The first-order valence-electron chi connectivity index (χ1n) is 6.98. The summed E-state index contributed by atoms with van der Waals surface area (Å²) in [6.07, 6.45) is 0.658. The molecule has 21 heavy (non-hydrogen) atoms. The second kappa shape index (κ2) is 8.26. The molecule has 0 aliphatic rings. The monoisotopic (exact) mass is 293 g/mol. The van der Waals surface area contributed by atoms with E-state index >= 15 is 0 Å². The first-order chi connectivity index (χ1) is 9.90. The highest BCUT2D eigenvalue weighted by Gasteiger charge is 2.17. The minimum absolute atomic E-state index is 0.0301. The average Bonchev–Trinajstić information content (AvgIpc) is 2.46. The number of carbonyl (C=O) groups excluding carboxylic acids is 2. The van der Waals surface area contributed by atoms with Crippen molar-refractivity contribution in [3.8, 4) is 5.75 Å². The summed E-state index contributed by atoms with van der Waals surface area (Å²) in [6, 6.07) is 6.19. The second-order valence-electron chi connectivity index (χ2n) is 5.25. The number of nitrogens with two attached hydrogens (primary N) is 1. The fourth-order valence-corrected chi connectivity index (χ4v) is 1.66. The number of hydrogen-bond donors (Lipinski definition) is 4. The molecule has 0 saturated carbocycles. The summed E-state index contributed by atoms with van der Waals surface area (Å²) in [4.78, 5) is 23.2. The smallest absolute Gasteiger partial charge is 0.239 e. The van der Waals surface area contributed by atoms with Gasteiger partial charge in [0.1, 0.15) is 5.75 Å². The van der Waals surface area contributed by atoms with E-state index in [1.54, 1.807) is 24.3 Å². The summed E-state index contributed by atoms with van der Waals surface area (Å²) in [5.74, 6) is -0.327.